The van der Waals surface area contributed by atoms with E-state index in [1.807, 2.05) is 37.3 Å². The molecule has 1 N–H and O–H groups in total. The second-order valence-electron chi connectivity index (χ2n) is 6.96. The molecule has 1 nitrogen and oxygen atoms in total. The quantitative estimate of drug-likeness (QED) is 0.630. The van der Waals surface area contributed by atoms with Crippen molar-refractivity contribution in [1.29, 1.82) is 0 Å². The van der Waals surface area contributed by atoms with Crippen LogP contribution in [0, 0.1) is 0 Å². The molecule has 0 radical (unpaired) electrons. The van der Waals surface area contributed by atoms with Crippen molar-refractivity contribution in [3.05, 3.63) is 48.0 Å². The zero-order valence-corrected chi connectivity index (χ0v) is 14.2. The van der Waals surface area contributed by atoms with E-state index in [2.05, 4.69) is 46.0 Å². The zero-order chi connectivity index (χ0) is 14.7. The Morgan fingerprint density at radius 3 is 2.05 bits per heavy atom. The Kier molecular flexibility index (Phi) is 4.80. The zero-order valence-electron chi connectivity index (χ0n) is 13.2. The fourth-order valence-electron chi connectivity index (χ4n) is 2.32. The summed E-state index contributed by atoms with van der Waals surface area (Å²) in [7, 11) is -1.89. The summed E-state index contributed by atoms with van der Waals surface area (Å²) in [4.78, 5) is 0. The number of allylic oxidation sites excluding steroid dienone is 1. The third-order valence-corrected chi connectivity index (χ3v) is 11.0. The van der Waals surface area contributed by atoms with Crippen molar-refractivity contribution < 1.29 is 5.11 Å². The maximum Gasteiger partial charge on any atom is 0.0957 e. The molecule has 0 heterocycles. The Bertz CT molecular complexity index is 428. The van der Waals surface area contributed by atoms with E-state index in [0.717, 1.165) is 0 Å². The van der Waals surface area contributed by atoms with E-state index >= 15 is 0 Å². The van der Waals surface area contributed by atoms with E-state index in [0.29, 0.717) is 6.42 Å². The lowest BCUT2D eigenvalue weighted by Crippen LogP contribution is -2.59. The van der Waals surface area contributed by atoms with E-state index in [-0.39, 0.29) is 5.04 Å². The Balaban J connectivity index is 3.18. The summed E-state index contributed by atoms with van der Waals surface area (Å²) in [5.41, 5.74) is 1.20. The van der Waals surface area contributed by atoms with Crippen LogP contribution in [0.15, 0.2) is 42.5 Å². The molecule has 0 aromatic heterocycles. The van der Waals surface area contributed by atoms with Gasteiger partial charge in [0, 0.05) is 6.42 Å². The molecule has 0 bridgehead atoms. The highest BCUT2D eigenvalue weighted by Crippen LogP contribution is 2.44. The van der Waals surface area contributed by atoms with E-state index in [4.69, 9.17) is 0 Å². The minimum atomic E-state index is -1.89. The average Bonchev–Trinajstić information content (AvgIpc) is 2.28. The molecule has 0 saturated carbocycles. The minimum Gasteiger partial charge on any atom is -0.389 e. The molecule has 0 unspecified atom stereocenters. The van der Waals surface area contributed by atoms with Crippen LogP contribution in [-0.2, 0) is 6.42 Å². The van der Waals surface area contributed by atoms with E-state index in [9.17, 15) is 5.11 Å². The van der Waals surface area contributed by atoms with Crippen LogP contribution in [-0.4, -0.2) is 18.4 Å². The molecule has 1 atom stereocenters. The van der Waals surface area contributed by atoms with Gasteiger partial charge in [-0.25, -0.2) is 0 Å². The van der Waals surface area contributed by atoms with Crippen LogP contribution in [0.2, 0.25) is 18.1 Å². The van der Waals surface area contributed by atoms with Crippen LogP contribution >= 0.6 is 0 Å². The van der Waals surface area contributed by atoms with Crippen molar-refractivity contribution in [2.75, 3.05) is 0 Å². The summed E-state index contributed by atoms with van der Waals surface area (Å²) in [6, 6.07) is 10.3. The standard InChI is InChI=1S/C17H28OSi/c1-7-13-17(18,19(5,6)16(2,3)4)14-15-11-9-8-10-12-15/h7-13,18H,14H2,1-6H3/b13-7-/t17-/m0/s1. The van der Waals surface area contributed by atoms with Crippen molar-refractivity contribution >= 4 is 8.07 Å². The minimum absolute atomic E-state index is 0.149. The Morgan fingerprint density at radius 1 is 1.11 bits per heavy atom. The SMILES string of the molecule is C/C=C\[C@@](O)(Cc1ccccc1)[Si](C)(C)C(C)(C)C. The van der Waals surface area contributed by atoms with Crippen molar-refractivity contribution in [2.45, 2.75) is 57.5 Å². The maximum atomic E-state index is 11.3. The molecule has 1 aromatic rings. The second kappa shape index (κ2) is 5.64. The van der Waals surface area contributed by atoms with Gasteiger partial charge in [-0.1, -0.05) is 76.3 Å². The number of benzene rings is 1. The molecule has 19 heavy (non-hydrogen) atoms. The summed E-state index contributed by atoms with van der Waals surface area (Å²) in [5, 5.41) is 10.7. The van der Waals surface area contributed by atoms with E-state index in [1.54, 1.807) is 0 Å². The lowest BCUT2D eigenvalue weighted by Gasteiger charge is -2.48. The van der Waals surface area contributed by atoms with Gasteiger partial charge in [0.15, 0.2) is 0 Å². The smallest absolute Gasteiger partial charge is 0.0957 e. The molecule has 0 saturated heterocycles. The van der Waals surface area contributed by atoms with Crippen LogP contribution in [0.3, 0.4) is 0 Å². The number of aliphatic hydroxyl groups is 1. The molecule has 106 valence electrons. The Hall–Kier alpha value is -0.863. The average molecular weight is 276 g/mol. The molecule has 1 aromatic carbocycles. The molecule has 0 amide bonds. The number of hydrogen-bond acceptors (Lipinski definition) is 1. The molecule has 0 spiro atoms. The largest absolute Gasteiger partial charge is 0.389 e. The van der Waals surface area contributed by atoms with Gasteiger partial charge in [0.05, 0.1) is 13.3 Å². The van der Waals surface area contributed by atoms with Crippen LogP contribution < -0.4 is 0 Å². The van der Waals surface area contributed by atoms with Gasteiger partial charge in [0.1, 0.15) is 0 Å². The van der Waals surface area contributed by atoms with Crippen LogP contribution in [0.25, 0.3) is 0 Å². The molecular weight excluding hydrogens is 248 g/mol. The summed E-state index contributed by atoms with van der Waals surface area (Å²) >= 11 is 0. The van der Waals surface area contributed by atoms with Gasteiger partial charge in [0.25, 0.3) is 0 Å². The summed E-state index contributed by atoms with van der Waals surface area (Å²) in [6.07, 6.45) is 4.70. The first-order chi connectivity index (χ1) is 8.64. The van der Waals surface area contributed by atoms with Crippen LogP contribution in [0.4, 0.5) is 0 Å². The highest BCUT2D eigenvalue weighted by atomic mass is 28.3. The summed E-state index contributed by atoms with van der Waals surface area (Å²) in [5.74, 6) is 0. The maximum absolute atomic E-state index is 11.3. The third-order valence-electron chi connectivity index (χ3n) is 4.72. The predicted octanol–water partition coefficient (Wildman–Crippen LogP) is 4.58. The monoisotopic (exact) mass is 276 g/mol. The van der Waals surface area contributed by atoms with Crippen molar-refractivity contribution in [3.63, 3.8) is 0 Å². The topological polar surface area (TPSA) is 20.2 Å². The van der Waals surface area contributed by atoms with Gasteiger partial charge in [-0.3, -0.25) is 0 Å². The molecule has 2 heteroatoms. The molecule has 0 fully saturated rings. The van der Waals surface area contributed by atoms with Crippen molar-refractivity contribution in [3.8, 4) is 0 Å². The summed E-state index contributed by atoms with van der Waals surface area (Å²) < 4.78 is 0. The normalized spacial score (nSPS) is 16.6. The predicted molar refractivity (Wildman–Crippen MR) is 87.1 cm³/mol. The van der Waals surface area contributed by atoms with E-state index < -0.39 is 13.3 Å². The van der Waals surface area contributed by atoms with Gasteiger partial charge < -0.3 is 5.11 Å². The van der Waals surface area contributed by atoms with Crippen LogP contribution in [0.1, 0.15) is 33.3 Å². The number of hydrogen-bond donors (Lipinski definition) is 1. The fourth-order valence-corrected chi connectivity index (χ4v) is 4.85. The van der Waals surface area contributed by atoms with Gasteiger partial charge in [-0.2, -0.15) is 0 Å². The van der Waals surface area contributed by atoms with Gasteiger partial charge in [-0.05, 0) is 17.5 Å². The van der Waals surface area contributed by atoms with Gasteiger partial charge >= 0.3 is 0 Å². The Labute approximate surface area is 119 Å². The van der Waals surface area contributed by atoms with Gasteiger partial charge in [-0.15, -0.1) is 0 Å². The second-order valence-corrected chi connectivity index (χ2v) is 12.6. The molecular formula is C17H28OSi. The molecule has 1 rings (SSSR count). The van der Waals surface area contributed by atoms with Crippen molar-refractivity contribution in [1.82, 2.24) is 0 Å². The van der Waals surface area contributed by atoms with Crippen molar-refractivity contribution in [2.24, 2.45) is 0 Å². The van der Waals surface area contributed by atoms with Crippen LogP contribution in [0.5, 0.6) is 0 Å². The molecule has 0 aliphatic heterocycles. The molecule has 0 aliphatic rings. The first-order valence-corrected chi connectivity index (χ1v) is 10.0. The highest BCUT2D eigenvalue weighted by Gasteiger charge is 2.50. The number of rotatable bonds is 4. The summed E-state index contributed by atoms with van der Waals surface area (Å²) in [6.45, 7) is 13.3. The Morgan fingerprint density at radius 2 is 1.63 bits per heavy atom. The third kappa shape index (κ3) is 3.37. The first kappa shape index (κ1) is 16.2. The fraction of sp³-hybridized carbons (Fsp3) is 0.529. The van der Waals surface area contributed by atoms with Gasteiger partial charge in [0.2, 0.25) is 0 Å². The molecule has 0 aliphatic carbocycles. The van der Waals surface area contributed by atoms with E-state index in [1.165, 1.54) is 5.56 Å². The first-order valence-electron chi connectivity index (χ1n) is 7.04. The highest BCUT2D eigenvalue weighted by molar-refractivity contribution is 6.83. The lowest BCUT2D eigenvalue weighted by molar-refractivity contribution is 0.160. The lowest BCUT2D eigenvalue weighted by atomic mass is 10.1.